The molecule has 1 saturated heterocycles. The summed E-state index contributed by atoms with van der Waals surface area (Å²) in [7, 11) is 0. The molecule has 2 amide bonds. The Morgan fingerprint density at radius 3 is 2.39 bits per heavy atom. The van der Waals surface area contributed by atoms with E-state index in [0.29, 0.717) is 19.5 Å². The summed E-state index contributed by atoms with van der Waals surface area (Å²) in [6, 6.07) is 19.0. The molecule has 1 fully saturated rings. The third kappa shape index (κ3) is 4.71. The lowest BCUT2D eigenvalue weighted by atomic mass is 9.93. The van der Waals surface area contributed by atoms with Crippen LogP contribution in [0.4, 0.5) is 0 Å². The summed E-state index contributed by atoms with van der Waals surface area (Å²) < 4.78 is 5.35. The van der Waals surface area contributed by atoms with E-state index >= 15 is 0 Å². The van der Waals surface area contributed by atoms with Crippen molar-refractivity contribution in [2.75, 3.05) is 13.1 Å². The molecule has 0 aliphatic carbocycles. The van der Waals surface area contributed by atoms with E-state index in [2.05, 4.69) is 28.4 Å². The van der Waals surface area contributed by atoms with Gasteiger partial charge in [0.05, 0.1) is 6.26 Å². The van der Waals surface area contributed by atoms with Crippen molar-refractivity contribution in [3.63, 3.8) is 0 Å². The van der Waals surface area contributed by atoms with E-state index in [1.807, 2.05) is 30.3 Å². The lowest BCUT2D eigenvalue weighted by Crippen LogP contribution is -2.52. The maximum absolute atomic E-state index is 13.4. The van der Waals surface area contributed by atoms with Crippen molar-refractivity contribution in [3.8, 4) is 0 Å². The van der Waals surface area contributed by atoms with Gasteiger partial charge in [0.25, 0.3) is 5.91 Å². The number of hydrogen-bond acceptors (Lipinski definition) is 4. The summed E-state index contributed by atoms with van der Waals surface area (Å²) in [5, 5.41) is 3.11. The maximum atomic E-state index is 13.4. The number of benzene rings is 2. The Bertz CT molecular complexity index is 1120. The quantitative estimate of drug-likeness (QED) is 0.630. The Kier molecular flexibility index (Phi) is 6.26. The van der Waals surface area contributed by atoms with Crippen LogP contribution in [0, 0.1) is 0 Å². The molecule has 2 aliphatic rings. The zero-order valence-corrected chi connectivity index (χ0v) is 18.7. The van der Waals surface area contributed by atoms with Crippen molar-refractivity contribution >= 4 is 11.8 Å². The minimum Gasteiger partial charge on any atom is -0.459 e. The van der Waals surface area contributed by atoms with Crippen LogP contribution < -0.4 is 5.32 Å². The highest BCUT2D eigenvalue weighted by Crippen LogP contribution is 2.25. The molecule has 6 nitrogen and oxygen atoms in total. The van der Waals surface area contributed by atoms with Crippen LogP contribution in [-0.4, -0.2) is 40.7 Å². The Morgan fingerprint density at radius 2 is 1.64 bits per heavy atom. The Hall–Kier alpha value is -3.38. The zero-order chi connectivity index (χ0) is 22.6. The first-order chi connectivity index (χ1) is 16.2. The van der Waals surface area contributed by atoms with Gasteiger partial charge in [-0.25, -0.2) is 0 Å². The SMILES string of the molecule is O=C(NCc1ccccc1CN1CCCC1)C1Cc2ccccc2CN1C(=O)c1ccco1. The predicted octanol–water partition coefficient (Wildman–Crippen LogP) is 3.76. The first-order valence-electron chi connectivity index (χ1n) is 11.7. The predicted molar refractivity (Wildman–Crippen MR) is 125 cm³/mol. The molecule has 1 aromatic heterocycles. The zero-order valence-electron chi connectivity index (χ0n) is 18.7. The van der Waals surface area contributed by atoms with Gasteiger partial charge in [0, 0.05) is 26.1 Å². The summed E-state index contributed by atoms with van der Waals surface area (Å²) >= 11 is 0. The molecule has 1 N–H and O–H groups in total. The topological polar surface area (TPSA) is 65.8 Å². The van der Waals surface area contributed by atoms with Crippen LogP contribution >= 0.6 is 0 Å². The van der Waals surface area contributed by atoms with Crippen LogP contribution in [-0.2, 0) is 30.8 Å². The van der Waals surface area contributed by atoms with Gasteiger partial charge in [-0.3, -0.25) is 14.5 Å². The monoisotopic (exact) mass is 443 g/mol. The minimum absolute atomic E-state index is 0.139. The molecule has 0 saturated carbocycles. The lowest BCUT2D eigenvalue weighted by molar-refractivity contribution is -0.126. The largest absolute Gasteiger partial charge is 0.459 e. The van der Waals surface area contributed by atoms with Gasteiger partial charge in [-0.15, -0.1) is 0 Å². The van der Waals surface area contributed by atoms with Crippen molar-refractivity contribution in [2.45, 2.75) is 44.9 Å². The van der Waals surface area contributed by atoms with E-state index in [9.17, 15) is 9.59 Å². The molecule has 2 aliphatic heterocycles. The molecular weight excluding hydrogens is 414 g/mol. The highest BCUT2D eigenvalue weighted by molar-refractivity contribution is 5.96. The van der Waals surface area contributed by atoms with Crippen LogP contribution in [0.2, 0.25) is 0 Å². The second kappa shape index (κ2) is 9.63. The molecule has 0 spiro atoms. The Balaban J connectivity index is 1.33. The molecule has 6 heteroatoms. The highest BCUT2D eigenvalue weighted by atomic mass is 16.3. The second-order valence-corrected chi connectivity index (χ2v) is 8.87. The highest BCUT2D eigenvalue weighted by Gasteiger charge is 2.35. The van der Waals surface area contributed by atoms with E-state index in [0.717, 1.165) is 36.3 Å². The minimum atomic E-state index is -0.580. The average molecular weight is 444 g/mol. The number of furan rings is 1. The van der Waals surface area contributed by atoms with Gasteiger partial charge in [0.15, 0.2) is 5.76 Å². The number of likely N-dealkylation sites (tertiary alicyclic amines) is 1. The molecule has 170 valence electrons. The molecule has 3 heterocycles. The van der Waals surface area contributed by atoms with E-state index in [1.54, 1.807) is 17.0 Å². The molecule has 1 unspecified atom stereocenters. The fourth-order valence-electron chi connectivity index (χ4n) is 4.88. The maximum Gasteiger partial charge on any atom is 0.290 e. The van der Waals surface area contributed by atoms with Crippen LogP contribution in [0.1, 0.15) is 45.7 Å². The summed E-state index contributed by atoms with van der Waals surface area (Å²) in [5.74, 6) is -0.146. The Labute approximate surface area is 194 Å². The smallest absolute Gasteiger partial charge is 0.290 e. The van der Waals surface area contributed by atoms with Gasteiger partial charge in [0.2, 0.25) is 5.91 Å². The number of nitrogens with zero attached hydrogens (tertiary/aromatic N) is 2. The molecule has 2 aromatic carbocycles. The standard InChI is InChI=1S/C27H29N3O3/c31-26(28-17-21-9-2-4-10-22(21)18-29-13-5-6-14-29)24-16-20-8-1-3-11-23(20)19-30(24)27(32)25-12-7-15-33-25/h1-4,7-12,15,24H,5-6,13-14,16-19H2,(H,28,31). The third-order valence-corrected chi connectivity index (χ3v) is 6.71. The van der Waals surface area contributed by atoms with E-state index in [-0.39, 0.29) is 17.6 Å². The fourth-order valence-corrected chi connectivity index (χ4v) is 4.88. The second-order valence-electron chi connectivity index (χ2n) is 8.87. The number of amides is 2. The average Bonchev–Trinajstić information content (AvgIpc) is 3.57. The molecule has 33 heavy (non-hydrogen) atoms. The van der Waals surface area contributed by atoms with Gasteiger partial charge in [0.1, 0.15) is 6.04 Å². The number of carbonyl (C=O) groups excluding carboxylic acids is 2. The van der Waals surface area contributed by atoms with Gasteiger partial charge in [-0.1, -0.05) is 48.5 Å². The van der Waals surface area contributed by atoms with E-state index in [1.165, 1.54) is 24.7 Å². The van der Waals surface area contributed by atoms with Crippen molar-refractivity contribution in [2.24, 2.45) is 0 Å². The van der Waals surface area contributed by atoms with Crippen molar-refractivity contribution in [1.82, 2.24) is 15.1 Å². The molecule has 0 radical (unpaired) electrons. The molecule has 0 bridgehead atoms. The molecule has 1 atom stereocenters. The van der Waals surface area contributed by atoms with Crippen molar-refractivity contribution < 1.29 is 14.0 Å². The number of nitrogens with one attached hydrogen (secondary N) is 1. The lowest BCUT2D eigenvalue weighted by Gasteiger charge is -2.35. The van der Waals surface area contributed by atoms with E-state index in [4.69, 9.17) is 4.42 Å². The molecular formula is C27H29N3O3. The van der Waals surface area contributed by atoms with Crippen LogP contribution in [0.15, 0.2) is 71.3 Å². The Morgan fingerprint density at radius 1 is 0.909 bits per heavy atom. The van der Waals surface area contributed by atoms with Gasteiger partial charge >= 0.3 is 0 Å². The third-order valence-electron chi connectivity index (χ3n) is 6.71. The van der Waals surface area contributed by atoms with Gasteiger partial charge in [-0.2, -0.15) is 0 Å². The first-order valence-corrected chi connectivity index (χ1v) is 11.7. The number of rotatable bonds is 6. The van der Waals surface area contributed by atoms with E-state index < -0.39 is 6.04 Å². The summed E-state index contributed by atoms with van der Waals surface area (Å²) in [6.07, 6.45) is 4.48. The number of carbonyl (C=O) groups is 2. The van der Waals surface area contributed by atoms with Crippen LogP contribution in [0.25, 0.3) is 0 Å². The molecule has 5 rings (SSSR count). The first kappa shape index (κ1) is 21.5. The van der Waals surface area contributed by atoms with Gasteiger partial charge in [-0.05, 0) is 60.3 Å². The number of hydrogen-bond donors (Lipinski definition) is 1. The van der Waals surface area contributed by atoms with Gasteiger partial charge < -0.3 is 14.6 Å². The van der Waals surface area contributed by atoms with Crippen molar-refractivity contribution in [1.29, 1.82) is 0 Å². The van der Waals surface area contributed by atoms with Crippen molar-refractivity contribution in [3.05, 3.63) is 94.9 Å². The normalized spacial score (nSPS) is 18.2. The summed E-state index contributed by atoms with van der Waals surface area (Å²) in [6.45, 7) is 4.01. The fraction of sp³-hybridized carbons (Fsp3) is 0.333. The summed E-state index contributed by atoms with van der Waals surface area (Å²) in [5.41, 5.74) is 4.54. The number of fused-ring (bicyclic) bond motifs is 1. The summed E-state index contributed by atoms with van der Waals surface area (Å²) in [4.78, 5) is 30.6. The molecule has 3 aromatic rings. The van der Waals surface area contributed by atoms with Crippen LogP contribution in [0.5, 0.6) is 0 Å². The van der Waals surface area contributed by atoms with Crippen LogP contribution in [0.3, 0.4) is 0 Å².